The Morgan fingerprint density at radius 2 is 1.95 bits per heavy atom. The summed E-state index contributed by atoms with van der Waals surface area (Å²) in [5.41, 5.74) is 1.26. The van der Waals surface area contributed by atoms with Crippen molar-refractivity contribution in [2.75, 3.05) is 41.3 Å². The molecule has 2 rings (SSSR count). The molecule has 1 aromatic rings. The molecule has 0 aromatic heterocycles. The first-order chi connectivity index (χ1) is 10.6. The van der Waals surface area contributed by atoms with Gasteiger partial charge in [0.2, 0.25) is 0 Å². The third-order valence-corrected chi connectivity index (χ3v) is 4.07. The molecule has 1 fully saturated rings. The molecule has 1 aromatic carbocycles. The van der Waals surface area contributed by atoms with Gasteiger partial charge in [-0.3, -0.25) is 4.99 Å². The molecule has 0 radical (unpaired) electrons. The predicted octanol–water partition coefficient (Wildman–Crippen LogP) is 1.87. The smallest absolute Gasteiger partial charge is 0.191 e. The number of ether oxygens (including phenoxy) is 1. The molecule has 22 heavy (non-hydrogen) atoms. The molecule has 5 nitrogen and oxygen atoms in total. The Hall–Kier alpha value is -1.75. The van der Waals surface area contributed by atoms with Crippen LogP contribution in [0.1, 0.15) is 24.4 Å². The fourth-order valence-electron chi connectivity index (χ4n) is 2.40. The van der Waals surface area contributed by atoms with Crippen LogP contribution >= 0.6 is 0 Å². The minimum Gasteiger partial charge on any atom is -0.497 e. The molecule has 1 aliphatic carbocycles. The standard InChI is InChI=1S/C17H28N4O/c1-18-17(19-11-13-5-6-13)20-12-16(21(2)3)14-7-9-15(22-4)10-8-14/h7-10,13,16H,5-6,11-12H2,1-4H3,(H2,18,19,20). The maximum Gasteiger partial charge on any atom is 0.191 e. The number of rotatable bonds is 7. The lowest BCUT2D eigenvalue weighted by Crippen LogP contribution is -2.42. The van der Waals surface area contributed by atoms with Crippen molar-refractivity contribution in [3.63, 3.8) is 0 Å². The van der Waals surface area contributed by atoms with Gasteiger partial charge in [-0.05, 0) is 50.6 Å². The minimum absolute atomic E-state index is 0.283. The van der Waals surface area contributed by atoms with Crippen molar-refractivity contribution in [2.45, 2.75) is 18.9 Å². The van der Waals surface area contributed by atoms with E-state index >= 15 is 0 Å². The number of guanidine groups is 1. The monoisotopic (exact) mass is 304 g/mol. The van der Waals surface area contributed by atoms with E-state index in [1.807, 2.05) is 19.2 Å². The summed E-state index contributed by atoms with van der Waals surface area (Å²) in [5.74, 6) is 2.60. The number of likely N-dealkylation sites (N-methyl/N-ethyl adjacent to an activating group) is 1. The number of nitrogens with one attached hydrogen (secondary N) is 2. The van der Waals surface area contributed by atoms with Crippen molar-refractivity contribution in [1.29, 1.82) is 0 Å². The van der Waals surface area contributed by atoms with E-state index in [2.05, 4.69) is 46.8 Å². The molecule has 0 spiro atoms. The highest BCUT2D eigenvalue weighted by molar-refractivity contribution is 5.79. The van der Waals surface area contributed by atoms with E-state index in [4.69, 9.17) is 4.74 Å². The molecule has 0 saturated heterocycles. The highest BCUT2D eigenvalue weighted by atomic mass is 16.5. The fraction of sp³-hybridized carbons (Fsp3) is 0.588. The van der Waals surface area contributed by atoms with Gasteiger partial charge in [0.25, 0.3) is 0 Å². The summed E-state index contributed by atoms with van der Waals surface area (Å²) >= 11 is 0. The zero-order valence-electron chi connectivity index (χ0n) is 14.1. The second-order valence-corrected chi connectivity index (χ2v) is 6.03. The third-order valence-electron chi connectivity index (χ3n) is 4.07. The minimum atomic E-state index is 0.283. The molecule has 1 atom stereocenters. The van der Waals surface area contributed by atoms with E-state index in [0.29, 0.717) is 0 Å². The van der Waals surface area contributed by atoms with Gasteiger partial charge in [-0.2, -0.15) is 0 Å². The van der Waals surface area contributed by atoms with Gasteiger partial charge in [-0.1, -0.05) is 12.1 Å². The van der Waals surface area contributed by atoms with E-state index in [1.165, 1.54) is 18.4 Å². The Labute approximate surface area is 133 Å². The zero-order valence-corrected chi connectivity index (χ0v) is 14.1. The summed E-state index contributed by atoms with van der Waals surface area (Å²) in [6.45, 7) is 1.83. The van der Waals surface area contributed by atoms with Gasteiger partial charge in [-0.25, -0.2) is 0 Å². The van der Waals surface area contributed by atoms with Gasteiger partial charge in [0.15, 0.2) is 5.96 Å². The van der Waals surface area contributed by atoms with Crippen LogP contribution in [0.3, 0.4) is 0 Å². The Balaban J connectivity index is 1.91. The molecule has 0 bridgehead atoms. The molecular weight excluding hydrogens is 276 g/mol. The molecule has 5 heteroatoms. The topological polar surface area (TPSA) is 48.9 Å². The van der Waals surface area contributed by atoms with Gasteiger partial charge in [-0.15, -0.1) is 0 Å². The fourth-order valence-corrected chi connectivity index (χ4v) is 2.40. The van der Waals surface area contributed by atoms with Gasteiger partial charge in [0, 0.05) is 20.1 Å². The summed E-state index contributed by atoms with van der Waals surface area (Å²) in [7, 11) is 7.70. The summed E-state index contributed by atoms with van der Waals surface area (Å²) in [5, 5.41) is 6.82. The van der Waals surface area contributed by atoms with Crippen molar-refractivity contribution in [3.8, 4) is 5.75 Å². The molecule has 2 N–H and O–H groups in total. The molecular formula is C17H28N4O. The molecule has 0 heterocycles. The third kappa shape index (κ3) is 4.91. The highest BCUT2D eigenvalue weighted by Crippen LogP contribution is 2.27. The number of methoxy groups -OCH3 is 1. The Morgan fingerprint density at radius 1 is 1.27 bits per heavy atom. The number of aliphatic imine (C=N–C) groups is 1. The lowest BCUT2D eigenvalue weighted by molar-refractivity contribution is 0.298. The first kappa shape index (κ1) is 16.6. The summed E-state index contributed by atoms with van der Waals surface area (Å²) < 4.78 is 5.23. The molecule has 0 amide bonds. The lowest BCUT2D eigenvalue weighted by Gasteiger charge is -2.26. The second kappa shape index (κ2) is 8.03. The molecule has 122 valence electrons. The van der Waals surface area contributed by atoms with Crippen molar-refractivity contribution in [1.82, 2.24) is 15.5 Å². The maximum atomic E-state index is 5.23. The number of hydrogen-bond donors (Lipinski definition) is 2. The molecule has 1 aliphatic rings. The van der Waals surface area contributed by atoms with Gasteiger partial charge >= 0.3 is 0 Å². The van der Waals surface area contributed by atoms with Crippen molar-refractivity contribution >= 4 is 5.96 Å². The summed E-state index contributed by atoms with van der Waals surface area (Å²) in [6.07, 6.45) is 2.69. The van der Waals surface area contributed by atoms with Gasteiger partial charge < -0.3 is 20.3 Å². The van der Waals surface area contributed by atoms with E-state index in [1.54, 1.807) is 7.11 Å². The molecule has 1 saturated carbocycles. The van der Waals surface area contributed by atoms with Gasteiger partial charge in [0.05, 0.1) is 13.2 Å². The van der Waals surface area contributed by atoms with Crippen LogP contribution in [-0.2, 0) is 0 Å². The Kier molecular flexibility index (Phi) is 6.07. The van der Waals surface area contributed by atoms with E-state index in [-0.39, 0.29) is 6.04 Å². The van der Waals surface area contributed by atoms with Crippen LogP contribution in [0.25, 0.3) is 0 Å². The van der Waals surface area contributed by atoms with Crippen molar-refractivity contribution in [3.05, 3.63) is 29.8 Å². The normalized spacial score (nSPS) is 16.5. The largest absolute Gasteiger partial charge is 0.497 e. The van der Waals surface area contributed by atoms with Crippen LogP contribution in [0.2, 0.25) is 0 Å². The first-order valence-electron chi connectivity index (χ1n) is 7.89. The Bertz CT molecular complexity index is 480. The Morgan fingerprint density at radius 3 is 2.45 bits per heavy atom. The highest BCUT2D eigenvalue weighted by Gasteiger charge is 2.21. The van der Waals surface area contributed by atoms with Crippen LogP contribution in [-0.4, -0.2) is 52.2 Å². The van der Waals surface area contributed by atoms with Gasteiger partial charge in [0.1, 0.15) is 5.75 Å². The summed E-state index contributed by atoms with van der Waals surface area (Å²) in [4.78, 5) is 6.51. The number of nitrogens with zero attached hydrogens (tertiary/aromatic N) is 2. The predicted molar refractivity (Wildman–Crippen MR) is 91.5 cm³/mol. The zero-order chi connectivity index (χ0) is 15.9. The second-order valence-electron chi connectivity index (χ2n) is 6.03. The average molecular weight is 304 g/mol. The average Bonchev–Trinajstić information content (AvgIpc) is 3.35. The van der Waals surface area contributed by atoms with Crippen LogP contribution in [0.5, 0.6) is 5.75 Å². The van der Waals surface area contributed by atoms with E-state index < -0.39 is 0 Å². The maximum absolute atomic E-state index is 5.23. The summed E-state index contributed by atoms with van der Waals surface area (Å²) in [6, 6.07) is 8.53. The number of benzene rings is 1. The van der Waals surface area contributed by atoms with Crippen LogP contribution in [0, 0.1) is 5.92 Å². The lowest BCUT2D eigenvalue weighted by atomic mass is 10.1. The van der Waals surface area contributed by atoms with Crippen molar-refractivity contribution < 1.29 is 4.74 Å². The van der Waals surface area contributed by atoms with E-state index in [0.717, 1.165) is 30.7 Å². The van der Waals surface area contributed by atoms with Crippen LogP contribution in [0.15, 0.2) is 29.3 Å². The van der Waals surface area contributed by atoms with Crippen molar-refractivity contribution in [2.24, 2.45) is 10.9 Å². The quantitative estimate of drug-likeness (QED) is 0.596. The molecule has 1 unspecified atom stereocenters. The SMILES string of the molecule is CN=C(NCC1CC1)NCC(c1ccc(OC)cc1)N(C)C. The van der Waals surface area contributed by atoms with E-state index in [9.17, 15) is 0 Å². The van der Waals surface area contributed by atoms with Crippen LogP contribution < -0.4 is 15.4 Å². The van der Waals surface area contributed by atoms with Crippen LogP contribution in [0.4, 0.5) is 0 Å². The number of hydrogen-bond acceptors (Lipinski definition) is 3. The molecule has 0 aliphatic heterocycles. The first-order valence-corrected chi connectivity index (χ1v) is 7.89.